The van der Waals surface area contributed by atoms with Crippen molar-refractivity contribution in [2.45, 2.75) is 46.0 Å². The lowest BCUT2D eigenvalue weighted by atomic mass is 10.2. The highest BCUT2D eigenvalue weighted by Gasteiger charge is 2.18. The molecule has 1 heterocycles. The van der Waals surface area contributed by atoms with Gasteiger partial charge in [-0.25, -0.2) is 4.79 Å². The van der Waals surface area contributed by atoms with Gasteiger partial charge < -0.3 is 14.8 Å². The van der Waals surface area contributed by atoms with Crippen molar-refractivity contribution in [2.24, 2.45) is 0 Å². The van der Waals surface area contributed by atoms with Crippen molar-refractivity contribution in [3.8, 4) is 0 Å². The molecule has 0 saturated carbocycles. The van der Waals surface area contributed by atoms with Crippen LogP contribution in [0.15, 0.2) is 6.07 Å². The third-order valence-electron chi connectivity index (χ3n) is 3.04. The van der Waals surface area contributed by atoms with Crippen molar-refractivity contribution in [1.82, 2.24) is 0 Å². The van der Waals surface area contributed by atoms with Crippen LogP contribution in [0.1, 0.15) is 54.8 Å². The third kappa shape index (κ3) is 6.40. The smallest absolute Gasteiger partial charge is 0.341 e. The number of hydrogen-bond acceptors (Lipinski definition) is 6. The Kier molecular flexibility index (Phi) is 8.32. The number of carbonyl (C=O) groups excluding carboxylic acids is 3. The number of aryl methyl sites for hydroxylation is 1. The Labute approximate surface area is 140 Å². The maximum Gasteiger partial charge on any atom is 0.341 e. The Morgan fingerprint density at radius 3 is 2.57 bits per heavy atom. The van der Waals surface area contributed by atoms with E-state index >= 15 is 0 Å². The molecule has 128 valence electrons. The normalized spacial score (nSPS) is 10.2. The van der Waals surface area contributed by atoms with Crippen molar-refractivity contribution in [1.29, 1.82) is 0 Å². The molecule has 0 aromatic carbocycles. The van der Waals surface area contributed by atoms with Crippen molar-refractivity contribution in [3.63, 3.8) is 0 Å². The summed E-state index contributed by atoms with van der Waals surface area (Å²) in [6.07, 6.45) is 2.59. The fourth-order valence-corrected chi connectivity index (χ4v) is 3.11. The van der Waals surface area contributed by atoms with Crippen LogP contribution < -0.4 is 5.32 Å². The SMILES string of the molecule is CCCc1cc(C(=O)OCC)c(NC(=O)CCCC(=O)OC)s1. The van der Waals surface area contributed by atoms with E-state index in [0.717, 1.165) is 17.7 Å². The van der Waals surface area contributed by atoms with Gasteiger partial charge in [-0.05, 0) is 25.8 Å². The summed E-state index contributed by atoms with van der Waals surface area (Å²) < 4.78 is 9.55. The lowest BCUT2D eigenvalue weighted by molar-refractivity contribution is -0.140. The molecular formula is C16H23NO5S. The van der Waals surface area contributed by atoms with Crippen molar-refractivity contribution >= 4 is 34.2 Å². The zero-order chi connectivity index (χ0) is 17.2. The van der Waals surface area contributed by atoms with E-state index in [2.05, 4.69) is 17.0 Å². The molecule has 1 aromatic heterocycles. The summed E-state index contributed by atoms with van der Waals surface area (Å²) in [4.78, 5) is 36.0. The van der Waals surface area contributed by atoms with E-state index in [9.17, 15) is 14.4 Å². The summed E-state index contributed by atoms with van der Waals surface area (Å²) in [6.45, 7) is 4.07. The Hall–Kier alpha value is -1.89. The highest BCUT2D eigenvalue weighted by molar-refractivity contribution is 7.16. The summed E-state index contributed by atoms with van der Waals surface area (Å²) in [5.74, 6) is -1.01. The molecule has 0 spiro atoms. The number of esters is 2. The maximum atomic E-state index is 12.0. The molecule has 1 N–H and O–H groups in total. The van der Waals surface area contributed by atoms with E-state index in [-0.39, 0.29) is 31.3 Å². The second-order valence-corrected chi connectivity index (χ2v) is 6.04. The minimum Gasteiger partial charge on any atom is -0.469 e. The molecule has 6 nitrogen and oxygen atoms in total. The summed E-state index contributed by atoms with van der Waals surface area (Å²) in [6, 6.07) is 1.77. The summed E-state index contributed by atoms with van der Waals surface area (Å²) in [7, 11) is 1.31. The highest BCUT2D eigenvalue weighted by Crippen LogP contribution is 2.30. The van der Waals surface area contributed by atoms with Gasteiger partial charge in [0.2, 0.25) is 5.91 Å². The maximum absolute atomic E-state index is 12.0. The first-order chi connectivity index (χ1) is 11.0. The number of ether oxygens (including phenoxy) is 2. The van der Waals surface area contributed by atoms with Gasteiger partial charge in [-0.3, -0.25) is 9.59 Å². The number of nitrogens with one attached hydrogen (secondary N) is 1. The van der Waals surface area contributed by atoms with Gasteiger partial charge in [0, 0.05) is 17.7 Å². The minimum atomic E-state index is -0.434. The first-order valence-electron chi connectivity index (χ1n) is 7.68. The fraction of sp³-hybridized carbons (Fsp3) is 0.562. The molecule has 0 saturated heterocycles. The topological polar surface area (TPSA) is 81.7 Å². The van der Waals surface area contributed by atoms with Gasteiger partial charge in [0.15, 0.2) is 0 Å². The van der Waals surface area contributed by atoms with Crippen molar-refractivity contribution < 1.29 is 23.9 Å². The van der Waals surface area contributed by atoms with Crippen LogP contribution in [0.4, 0.5) is 5.00 Å². The minimum absolute atomic E-state index is 0.193. The van der Waals surface area contributed by atoms with E-state index in [0.29, 0.717) is 17.0 Å². The molecule has 1 aromatic rings. The molecule has 0 bridgehead atoms. The van der Waals surface area contributed by atoms with Crippen molar-refractivity contribution in [3.05, 3.63) is 16.5 Å². The molecule has 0 unspecified atom stereocenters. The standard InChI is InChI=1S/C16H23NO5S/c1-4-7-11-10-12(16(20)22-5-2)15(23-11)17-13(18)8-6-9-14(19)21-3/h10H,4-9H2,1-3H3,(H,17,18). The molecule has 23 heavy (non-hydrogen) atoms. The average molecular weight is 341 g/mol. The summed E-state index contributed by atoms with van der Waals surface area (Å²) >= 11 is 1.39. The molecule has 0 aliphatic rings. The molecule has 0 aliphatic carbocycles. The van der Waals surface area contributed by atoms with Gasteiger partial charge in [-0.1, -0.05) is 13.3 Å². The van der Waals surface area contributed by atoms with E-state index in [4.69, 9.17) is 4.74 Å². The second-order valence-electron chi connectivity index (χ2n) is 4.90. The predicted octanol–water partition coefficient (Wildman–Crippen LogP) is 3.16. The molecule has 1 rings (SSSR count). The molecular weight excluding hydrogens is 318 g/mol. The number of methoxy groups -OCH3 is 1. The lowest BCUT2D eigenvalue weighted by Gasteiger charge is -2.06. The van der Waals surface area contributed by atoms with Gasteiger partial charge in [0.05, 0.1) is 19.3 Å². The van der Waals surface area contributed by atoms with E-state index in [1.54, 1.807) is 13.0 Å². The molecule has 0 atom stereocenters. The van der Waals surface area contributed by atoms with Crippen molar-refractivity contribution in [2.75, 3.05) is 19.0 Å². The largest absolute Gasteiger partial charge is 0.469 e. The molecule has 0 fully saturated rings. The first-order valence-corrected chi connectivity index (χ1v) is 8.49. The van der Waals surface area contributed by atoms with E-state index in [1.807, 2.05) is 0 Å². The number of carbonyl (C=O) groups is 3. The third-order valence-corrected chi connectivity index (χ3v) is 4.15. The van der Waals surface area contributed by atoms with Crippen LogP contribution in [0.2, 0.25) is 0 Å². The molecule has 0 radical (unpaired) electrons. The Morgan fingerprint density at radius 1 is 1.22 bits per heavy atom. The second kappa shape index (κ2) is 9.99. The van der Waals surface area contributed by atoms with Gasteiger partial charge in [-0.2, -0.15) is 0 Å². The average Bonchev–Trinajstić information content (AvgIpc) is 2.90. The Bertz CT molecular complexity index is 553. The summed E-state index contributed by atoms with van der Waals surface area (Å²) in [5, 5.41) is 3.26. The molecule has 7 heteroatoms. The zero-order valence-corrected chi connectivity index (χ0v) is 14.6. The van der Waals surface area contributed by atoms with Gasteiger partial charge in [-0.15, -0.1) is 11.3 Å². The molecule has 0 aliphatic heterocycles. The zero-order valence-electron chi connectivity index (χ0n) is 13.8. The van der Waals surface area contributed by atoms with Crippen LogP contribution in [0, 0.1) is 0 Å². The Balaban J connectivity index is 2.71. The molecule has 1 amide bonds. The number of thiophene rings is 1. The van der Waals surface area contributed by atoms with Crippen LogP contribution in [0.3, 0.4) is 0 Å². The Morgan fingerprint density at radius 2 is 1.96 bits per heavy atom. The number of amides is 1. The van der Waals surface area contributed by atoms with Crippen LogP contribution >= 0.6 is 11.3 Å². The predicted molar refractivity (Wildman–Crippen MR) is 88.8 cm³/mol. The van der Waals surface area contributed by atoms with E-state index in [1.165, 1.54) is 18.4 Å². The van der Waals surface area contributed by atoms with Crippen LogP contribution in [0.5, 0.6) is 0 Å². The van der Waals surface area contributed by atoms with Gasteiger partial charge >= 0.3 is 11.9 Å². The van der Waals surface area contributed by atoms with Crippen LogP contribution in [-0.4, -0.2) is 31.6 Å². The number of hydrogen-bond donors (Lipinski definition) is 1. The van der Waals surface area contributed by atoms with E-state index < -0.39 is 5.97 Å². The highest BCUT2D eigenvalue weighted by atomic mass is 32.1. The summed E-state index contributed by atoms with van der Waals surface area (Å²) in [5.41, 5.74) is 0.390. The van der Waals surface area contributed by atoms with Crippen LogP contribution in [0.25, 0.3) is 0 Å². The number of anilines is 1. The number of rotatable bonds is 9. The fourth-order valence-electron chi connectivity index (χ4n) is 1.95. The van der Waals surface area contributed by atoms with Gasteiger partial charge in [0.25, 0.3) is 0 Å². The quantitative estimate of drug-likeness (QED) is 0.698. The van der Waals surface area contributed by atoms with Crippen LogP contribution in [-0.2, 0) is 25.5 Å². The first kappa shape index (κ1) is 19.2. The lowest BCUT2D eigenvalue weighted by Crippen LogP contribution is -2.14. The monoisotopic (exact) mass is 341 g/mol. The van der Waals surface area contributed by atoms with Gasteiger partial charge in [0.1, 0.15) is 5.00 Å².